The summed E-state index contributed by atoms with van der Waals surface area (Å²) in [7, 11) is 1.66. The van der Waals surface area contributed by atoms with Gasteiger partial charge >= 0.3 is 0 Å². The van der Waals surface area contributed by atoms with E-state index in [-0.39, 0.29) is 5.56 Å². The fourth-order valence-corrected chi connectivity index (χ4v) is 3.07. The first-order valence-electron chi connectivity index (χ1n) is 6.93. The van der Waals surface area contributed by atoms with Gasteiger partial charge in [0.25, 0.3) is 5.56 Å². The molecule has 3 aromatic rings. The van der Waals surface area contributed by atoms with Crippen molar-refractivity contribution in [3.63, 3.8) is 0 Å². The van der Waals surface area contributed by atoms with Crippen molar-refractivity contribution in [2.24, 2.45) is 0 Å². The van der Waals surface area contributed by atoms with Crippen molar-refractivity contribution in [1.82, 2.24) is 9.55 Å². The summed E-state index contributed by atoms with van der Waals surface area (Å²) >= 11 is 1.51. The van der Waals surface area contributed by atoms with E-state index >= 15 is 0 Å². The molecule has 5 nitrogen and oxygen atoms in total. The maximum Gasteiger partial charge on any atom is 0.262 e. The largest absolute Gasteiger partial charge is 0.467 e. The summed E-state index contributed by atoms with van der Waals surface area (Å²) in [5.41, 5.74) is 0.657. The number of furan rings is 1. The van der Waals surface area contributed by atoms with Gasteiger partial charge in [-0.1, -0.05) is 23.9 Å². The van der Waals surface area contributed by atoms with Crippen molar-refractivity contribution >= 4 is 22.7 Å². The first kappa shape index (κ1) is 14.9. The van der Waals surface area contributed by atoms with Gasteiger partial charge in [0.15, 0.2) is 5.16 Å². The minimum absolute atomic E-state index is 0.0538. The van der Waals surface area contributed by atoms with Crippen molar-refractivity contribution in [3.05, 3.63) is 58.8 Å². The number of nitrogens with zero attached hydrogens (tertiary/aromatic N) is 2. The van der Waals surface area contributed by atoms with Crippen LogP contribution in [0.15, 0.2) is 57.0 Å². The van der Waals surface area contributed by atoms with Gasteiger partial charge in [-0.05, 0) is 24.3 Å². The summed E-state index contributed by atoms with van der Waals surface area (Å²) in [5.74, 6) is 1.46. The molecular formula is C16H16N2O3S. The lowest BCUT2D eigenvalue weighted by atomic mass is 10.2. The molecule has 1 aromatic carbocycles. The van der Waals surface area contributed by atoms with E-state index < -0.39 is 0 Å². The van der Waals surface area contributed by atoms with E-state index in [1.165, 1.54) is 11.8 Å². The number of aromatic nitrogens is 2. The van der Waals surface area contributed by atoms with Gasteiger partial charge < -0.3 is 9.15 Å². The molecule has 0 radical (unpaired) electrons. The maximum absolute atomic E-state index is 12.7. The Balaban J connectivity index is 2.06. The van der Waals surface area contributed by atoms with Gasteiger partial charge in [0.1, 0.15) is 5.76 Å². The summed E-state index contributed by atoms with van der Waals surface area (Å²) in [6.07, 6.45) is 1.60. The van der Waals surface area contributed by atoms with E-state index in [1.54, 1.807) is 24.0 Å². The summed E-state index contributed by atoms with van der Waals surface area (Å²) < 4.78 is 12.1. The van der Waals surface area contributed by atoms with Crippen molar-refractivity contribution in [3.8, 4) is 0 Å². The van der Waals surface area contributed by atoms with Crippen LogP contribution in [-0.4, -0.2) is 29.0 Å². The molecule has 0 aliphatic rings. The average molecular weight is 316 g/mol. The number of ether oxygens (including phenoxy) is 1. The molecule has 0 spiro atoms. The van der Waals surface area contributed by atoms with Crippen LogP contribution in [0.4, 0.5) is 0 Å². The van der Waals surface area contributed by atoms with Gasteiger partial charge in [-0.25, -0.2) is 4.98 Å². The third-order valence-electron chi connectivity index (χ3n) is 3.24. The van der Waals surface area contributed by atoms with Gasteiger partial charge in [0, 0.05) is 12.9 Å². The normalized spacial score (nSPS) is 11.1. The molecule has 0 saturated heterocycles. The highest BCUT2D eigenvalue weighted by Crippen LogP contribution is 2.18. The number of para-hydroxylation sites is 1. The number of fused-ring (bicyclic) bond motifs is 1. The predicted octanol–water partition coefficient (Wildman–Crippen LogP) is 2.78. The number of methoxy groups -OCH3 is 1. The highest BCUT2D eigenvalue weighted by Gasteiger charge is 2.12. The van der Waals surface area contributed by atoms with Gasteiger partial charge in [-0.15, -0.1) is 0 Å². The second kappa shape index (κ2) is 6.81. The Labute approximate surface area is 131 Å². The summed E-state index contributed by atoms with van der Waals surface area (Å²) in [6, 6.07) is 11.1. The van der Waals surface area contributed by atoms with Crippen LogP contribution in [0.2, 0.25) is 0 Å². The Hall–Kier alpha value is -2.05. The van der Waals surface area contributed by atoms with Crippen molar-refractivity contribution < 1.29 is 9.15 Å². The smallest absolute Gasteiger partial charge is 0.262 e. The zero-order valence-corrected chi connectivity index (χ0v) is 13.0. The SMILES string of the molecule is COCCSc1nc2ccccc2c(=O)n1Cc1ccco1. The number of hydrogen-bond donors (Lipinski definition) is 0. The molecule has 3 rings (SSSR count). The molecule has 2 heterocycles. The Morgan fingerprint density at radius 1 is 1.27 bits per heavy atom. The highest BCUT2D eigenvalue weighted by atomic mass is 32.2. The van der Waals surface area contributed by atoms with Crippen LogP contribution in [0.25, 0.3) is 10.9 Å². The summed E-state index contributed by atoms with van der Waals surface area (Å²) in [6.45, 7) is 0.979. The molecule has 0 aliphatic carbocycles. The molecule has 2 aromatic heterocycles. The lowest BCUT2D eigenvalue weighted by Crippen LogP contribution is -2.24. The molecule has 0 aliphatic heterocycles. The zero-order chi connectivity index (χ0) is 15.4. The quantitative estimate of drug-likeness (QED) is 0.397. The van der Waals surface area contributed by atoms with Gasteiger partial charge in [-0.2, -0.15) is 0 Å². The molecule has 0 amide bonds. The molecule has 0 N–H and O–H groups in total. The van der Waals surface area contributed by atoms with Crippen LogP contribution >= 0.6 is 11.8 Å². The fourth-order valence-electron chi connectivity index (χ4n) is 2.17. The van der Waals surface area contributed by atoms with E-state index in [1.807, 2.05) is 30.3 Å². The third-order valence-corrected chi connectivity index (χ3v) is 4.18. The monoisotopic (exact) mass is 316 g/mol. The number of benzene rings is 1. The first-order chi connectivity index (χ1) is 10.8. The molecule has 0 saturated carbocycles. The number of thioether (sulfide) groups is 1. The third kappa shape index (κ3) is 3.08. The van der Waals surface area contributed by atoms with Crippen LogP contribution < -0.4 is 5.56 Å². The predicted molar refractivity (Wildman–Crippen MR) is 86.4 cm³/mol. The first-order valence-corrected chi connectivity index (χ1v) is 7.92. The lowest BCUT2D eigenvalue weighted by molar-refractivity contribution is 0.218. The van der Waals surface area contributed by atoms with Crippen LogP contribution in [0.5, 0.6) is 0 Å². The number of rotatable bonds is 6. The van der Waals surface area contributed by atoms with Crippen molar-refractivity contribution in [2.45, 2.75) is 11.7 Å². The Morgan fingerprint density at radius 3 is 2.91 bits per heavy atom. The van der Waals surface area contributed by atoms with E-state index in [9.17, 15) is 4.79 Å². The lowest BCUT2D eigenvalue weighted by Gasteiger charge is -2.11. The van der Waals surface area contributed by atoms with E-state index in [2.05, 4.69) is 4.98 Å². The van der Waals surface area contributed by atoms with Crippen LogP contribution in [0.3, 0.4) is 0 Å². The highest BCUT2D eigenvalue weighted by molar-refractivity contribution is 7.99. The molecule has 0 unspecified atom stereocenters. The molecule has 6 heteroatoms. The molecular weight excluding hydrogens is 300 g/mol. The Bertz CT molecular complexity index is 812. The van der Waals surface area contributed by atoms with Crippen LogP contribution in [-0.2, 0) is 11.3 Å². The van der Waals surface area contributed by atoms with Crippen molar-refractivity contribution in [2.75, 3.05) is 19.5 Å². The van der Waals surface area contributed by atoms with Gasteiger partial charge in [-0.3, -0.25) is 9.36 Å². The molecule has 0 atom stereocenters. The molecule has 0 fully saturated rings. The van der Waals surface area contributed by atoms with Crippen molar-refractivity contribution in [1.29, 1.82) is 0 Å². The minimum Gasteiger partial charge on any atom is -0.467 e. The van der Waals surface area contributed by atoms with E-state index in [4.69, 9.17) is 9.15 Å². The van der Waals surface area contributed by atoms with E-state index in [0.29, 0.717) is 29.2 Å². The molecule has 0 bridgehead atoms. The zero-order valence-electron chi connectivity index (χ0n) is 12.2. The standard InChI is InChI=1S/C16H16N2O3S/c1-20-9-10-22-16-17-14-7-3-2-6-13(14)15(19)18(16)11-12-5-4-8-21-12/h2-8H,9-11H2,1H3. The second-order valence-corrected chi connectivity index (χ2v) is 5.79. The Morgan fingerprint density at radius 2 is 2.14 bits per heavy atom. The van der Waals surface area contributed by atoms with Gasteiger partial charge in [0.05, 0.1) is 30.3 Å². The summed E-state index contributed by atoms with van der Waals surface area (Å²) in [5, 5.41) is 1.29. The molecule has 114 valence electrons. The minimum atomic E-state index is -0.0538. The van der Waals surface area contributed by atoms with Gasteiger partial charge in [0.2, 0.25) is 0 Å². The molecule has 22 heavy (non-hydrogen) atoms. The second-order valence-electron chi connectivity index (χ2n) is 4.72. The fraction of sp³-hybridized carbons (Fsp3) is 0.250. The Kier molecular flexibility index (Phi) is 4.60. The summed E-state index contributed by atoms with van der Waals surface area (Å²) in [4.78, 5) is 17.4. The maximum atomic E-state index is 12.7. The van der Waals surface area contributed by atoms with Crippen LogP contribution in [0.1, 0.15) is 5.76 Å². The number of hydrogen-bond acceptors (Lipinski definition) is 5. The van der Waals surface area contributed by atoms with Crippen LogP contribution in [0, 0.1) is 0 Å². The average Bonchev–Trinajstić information content (AvgIpc) is 3.04. The van der Waals surface area contributed by atoms with E-state index in [0.717, 1.165) is 11.5 Å². The topological polar surface area (TPSA) is 57.3 Å².